The summed E-state index contributed by atoms with van der Waals surface area (Å²) < 4.78 is 26.8. The summed E-state index contributed by atoms with van der Waals surface area (Å²) in [6.07, 6.45) is -0.133. The molecule has 0 radical (unpaired) electrons. The molecule has 26 heavy (non-hydrogen) atoms. The van der Waals surface area contributed by atoms with E-state index in [4.69, 9.17) is 0 Å². The molecule has 138 valence electrons. The van der Waals surface area contributed by atoms with E-state index in [0.29, 0.717) is 19.6 Å². The Bertz CT molecular complexity index is 704. The molecule has 3 rings (SSSR count). The zero-order valence-corrected chi connectivity index (χ0v) is 14.6. The van der Waals surface area contributed by atoms with Crippen LogP contribution < -0.4 is 0 Å². The van der Waals surface area contributed by atoms with Crippen LogP contribution in [0.1, 0.15) is 30.5 Å². The molecule has 1 saturated heterocycles. The smallest absolute Gasteiger partial charge is 0.407 e. The van der Waals surface area contributed by atoms with Crippen LogP contribution in [0.2, 0.25) is 0 Å². The van der Waals surface area contributed by atoms with E-state index in [-0.39, 0.29) is 23.7 Å². The lowest BCUT2D eigenvalue weighted by Gasteiger charge is -2.44. The van der Waals surface area contributed by atoms with Crippen LogP contribution >= 0.6 is 0 Å². The fourth-order valence-corrected chi connectivity index (χ4v) is 3.61. The van der Waals surface area contributed by atoms with E-state index in [9.17, 15) is 18.7 Å². The molecule has 1 unspecified atom stereocenters. The highest BCUT2D eigenvalue weighted by Gasteiger charge is 2.34. The number of carbonyl (C=O) groups is 1. The van der Waals surface area contributed by atoms with Crippen LogP contribution in [0.25, 0.3) is 0 Å². The lowest BCUT2D eigenvalue weighted by molar-refractivity contribution is 0.0494. The molecule has 1 amide bonds. The Morgan fingerprint density at radius 2 is 1.54 bits per heavy atom. The molecule has 1 N–H and O–H groups in total. The maximum atomic E-state index is 13.4. The molecule has 0 bridgehead atoms. The van der Waals surface area contributed by atoms with Crippen molar-refractivity contribution in [2.45, 2.75) is 25.4 Å². The molecular formula is C20H22F2N2O2. The van der Waals surface area contributed by atoms with Gasteiger partial charge in [0.25, 0.3) is 0 Å². The molecule has 2 aromatic rings. The maximum absolute atomic E-state index is 13.4. The van der Waals surface area contributed by atoms with E-state index in [0.717, 1.165) is 17.5 Å². The Kier molecular flexibility index (Phi) is 5.52. The first kappa shape index (κ1) is 18.3. The largest absolute Gasteiger partial charge is 0.465 e. The summed E-state index contributed by atoms with van der Waals surface area (Å²) in [5, 5.41) is 9.30. The number of benzene rings is 2. The van der Waals surface area contributed by atoms with Crippen LogP contribution in [-0.2, 0) is 0 Å². The van der Waals surface area contributed by atoms with Gasteiger partial charge >= 0.3 is 6.09 Å². The van der Waals surface area contributed by atoms with Crippen molar-refractivity contribution in [3.63, 3.8) is 0 Å². The third-order valence-electron chi connectivity index (χ3n) is 4.97. The summed E-state index contributed by atoms with van der Waals surface area (Å²) in [5.74, 6) is -0.622. The molecular weight excluding hydrogens is 338 g/mol. The minimum atomic E-state index is -0.914. The zero-order chi connectivity index (χ0) is 18.7. The van der Waals surface area contributed by atoms with Crippen molar-refractivity contribution in [2.75, 3.05) is 19.6 Å². The Balaban J connectivity index is 1.98. The zero-order valence-electron chi connectivity index (χ0n) is 14.6. The molecule has 4 nitrogen and oxygen atoms in total. The molecule has 0 aromatic heterocycles. The number of hydrogen-bond donors (Lipinski definition) is 1. The van der Waals surface area contributed by atoms with Crippen molar-refractivity contribution in [2.24, 2.45) is 0 Å². The number of hydrogen-bond acceptors (Lipinski definition) is 2. The highest BCUT2D eigenvalue weighted by atomic mass is 19.1. The molecule has 0 saturated carbocycles. The van der Waals surface area contributed by atoms with Gasteiger partial charge in [-0.05, 0) is 41.8 Å². The third-order valence-corrected chi connectivity index (χ3v) is 4.97. The topological polar surface area (TPSA) is 43.8 Å². The van der Waals surface area contributed by atoms with E-state index in [1.165, 1.54) is 29.2 Å². The average Bonchev–Trinajstić information content (AvgIpc) is 2.65. The Hall–Kier alpha value is -2.47. The van der Waals surface area contributed by atoms with E-state index in [2.05, 4.69) is 4.90 Å². The molecule has 1 aliphatic heterocycles. The first-order valence-electron chi connectivity index (χ1n) is 8.74. The van der Waals surface area contributed by atoms with Gasteiger partial charge in [0.2, 0.25) is 0 Å². The fraction of sp³-hybridized carbons (Fsp3) is 0.350. The summed E-state index contributed by atoms with van der Waals surface area (Å²) in [6.45, 7) is 3.41. The molecule has 1 fully saturated rings. The Morgan fingerprint density at radius 3 is 1.96 bits per heavy atom. The predicted molar refractivity (Wildman–Crippen MR) is 95.0 cm³/mol. The first-order valence-corrected chi connectivity index (χ1v) is 8.74. The monoisotopic (exact) mass is 360 g/mol. The summed E-state index contributed by atoms with van der Waals surface area (Å²) in [7, 11) is 0. The lowest BCUT2D eigenvalue weighted by atomic mass is 9.93. The van der Waals surface area contributed by atoms with Crippen LogP contribution in [0.5, 0.6) is 0 Å². The highest BCUT2D eigenvalue weighted by Crippen LogP contribution is 2.33. The molecule has 0 spiro atoms. The lowest BCUT2D eigenvalue weighted by Crippen LogP contribution is -2.55. The van der Waals surface area contributed by atoms with Gasteiger partial charge < -0.3 is 10.0 Å². The van der Waals surface area contributed by atoms with E-state index >= 15 is 0 Å². The minimum Gasteiger partial charge on any atom is -0.465 e. The van der Waals surface area contributed by atoms with Gasteiger partial charge in [0.15, 0.2) is 0 Å². The molecule has 1 heterocycles. The number of piperazine rings is 1. The minimum absolute atomic E-state index is 0.0277. The van der Waals surface area contributed by atoms with Gasteiger partial charge in [-0.25, -0.2) is 13.6 Å². The van der Waals surface area contributed by atoms with E-state index in [1.54, 1.807) is 24.3 Å². The number of rotatable bonds is 4. The average molecular weight is 360 g/mol. The number of nitrogens with zero attached hydrogens (tertiary/aromatic N) is 2. The van der Waals surface area contributed by atoms with Crippen molar-refractivity contribution in [3.05, 3.63) is 71.3 Å². The van der Waals surface area contributed by atoms with Gasteiger partial charge in [0.05, 0.1) is 6.04 Å². The van der Waals surface area contributed by atoms with Crippen LogP contribution in [0.3, 0.4) is 0 Å². The van der Waals surface area contributed by atoms with Crippen LogP contribution in [-0.4, -0.2) is 46.7 Å². The normalized spacial score (nSPS) is 18.3. The van der Waals surface area contributed by atoms with Crippen molar-refractivity contribution in [1.82, 2.24) is 9.80 Å². The maximum Gasteiger partial charge on any atom is 0.407 e. The van der Waals surface area contributed by atoms with Gasteiger partial charge in [-0.3, -0.25) is 4.90 Å². The second kappa shape index (κ2) is 7.83. The third kappa shape index (κ3) is 3.85. The van der Waals surface area contributed by atoms with E-state index < -0.39 is 6.09 Å². The Labute approximate surface area is 151 Å². The second-order valence-corrected chi connectivity index (χ2v) is 6.53. The number of carboxylic acid groups (broad SMARTS) is 1. The molecule has 0 aliphatic carbocycles. The fourth-order valence-electron chi connectivity index (χ4n) is 3.61. The SMILES string of the molecule is CCC1CN(C(=O)O)CCN1C(c1ccc(F)cc1)c1ccc(F)cc1. The van der Waals surface area contributed by atoms with Crippen molar-refractivity contribution < 1.29 is 18.7 Å². The quantitative estimate of drug-likeness (QED) is 0.892. The van der Waals surface area contributed by atoms with Crippen LogP contribution in [0.4, 0.5) is 13.6 Å². The summed E-state index contributed by atoms with van der Waals surface area (Å²) in [5.41, 5.74) is 1.81. The summed E-state index contributed by atoms with van der Waals surface area (Å²) >= 11 is 0. The van der Waals surface area contributed by atoms with Crippen LogP contribution in [0, 0.1) is 11.6 Å². The number of amides is 1. The molecule has 1 atom stereocenters. The predicted octanol–water partition coefficient (Wildman–Crippen LogP) is 4.13. The first-order chi connectivity index (χ1) is 12.5. The summed E-state index contributed by atoms with van der Waals surface area (Å²) in [4.78, 5) is 15.0. The molecule has 1 aliphatic rings. The van der Waals surface area contributed by atoms with Crippen molar-refractivity contribution in [3.8, 4) is 0 Å². The van der Waals surface area contributed by atoms with Crippen molar-refractivity contribution in [1.29, 1.82) is 0 Å². The van der Waals surface area contributed by atoms with Gasteiger partial charge in [0.1, 0.15) is 11.6 Å². The van der Waals surface area contributed by atoms with Gasteiger partial charge in [-0.15, -0.1) is 0 Å². The molecule has 6 heteroatoms. The molecule has 2 aromatic carbocycles. The van der Waals surface area contributed by atoms with Gasteiger partial charge in [0, 0.05) is 25.7 Å². The van der Waals surface area contributed by atoms with Gasteiger partial charge in [-0.1, -0.05) is 31.2 Å². The van der Waals surface area contributed by atoms with Gasteiger partial charge in [-0.2, -0.15) is 0 Å². The van der Waals surface area contributed by atoms with Crippen LogP contribution in [0.15, 0.2) is 48.5 Å². The number of halogens is 2. The second-order valence-electron chi connectivity index (χ2n) is 6.53. The van der Waals surface area contributed by atoms with Crippen molar-refractivity contribution >= 4 is 6.09 Å². The highest BCUT2D eigenvalue weighted by molar-refractivity contribution is 5.65. The standard InChI is InChI=1S/C20H22F2N2O2/c1-2-18-13-23(20(25)26)11-12-24(18)19(14-3-7-16(21)8-4-14)15-5-9-17(22)10-6-15/h3-10,18-19H,2,11-13H2,1H3,(H,25,26). The Morgan fingerprint density at radius 1 is 1.04 bits per heavy atom. The summed E-state index contributed by atoms with van der Waals surface area (Å²) in [6, 6.07) is 12.5. The van der Waals surface area contributed by atoms with E-state index in [1.807, 2.05) is 6.92 Å².